The van der Waals surface area contributed by atoms with Crippen LogP contribution in [0.4, 0.5) is 4.79 Å². The van der Waals surface area contributed by atoms with Crippen molar-refractivity contribution in [2.75, 3.05) is 7.11 Å². The highest BCUT2D eigenvalue weighted by Crippen LogP contribution is 2.20. The van der Waals surface area contributed by atoms with Gasteiger partial charge in [0.25, 0.3) is 0 Å². The van der Waals surface area contributed by atoms with E-state index in [4.69, 9.17) is 16.3 Å². The monoisotopic (exact) mass is 191 g/mol. The molecule has 0 saturated heterocycles. The maximum atomic E-state index is 10.6. The molecule has 4 heteroatoms. The number of hydrogen-bond donors (Lipinski definition) is 1. The zero-order valence-corrected chi connectivity index (χ0v) is 7.93. The Morgan fingerprint density at radius 2 is 2.17 bits per heavy atom. The second-order valence-corrected chi connectivity index (χ2v) is 3.43. The van der Waals surface area contributed by atoms with Crippen LogP contribution in [0, 0.1) is 0 Å². The lowest BCUT2D eigenvalue weighted by Gasteiger charge is -2.30. The molecule has 1 saturated carbocycles. The largest absolute Gasteiger partial charge is 0.379 e. The summed E-state index contributed by atoms with van der Waals surface area (Å²) in [5.41, 5.74) is 0. The Hall–Kier alpha value is -0.280. The minimum absolute atomic E-state index is 0.105. The Bertz CT molecular complexity index is 163. The molecule has 0 heterocycles. The second kappa shape index (κ2) is 4.67. The van der Waals surface area contributed by atoms with Gasteiger partial charge in [-0.15, -0.1) is 0 Å². The van der Waals surface area contributed by atoms with E-state index in [0.717, 1.165) is 19.3 Å². The zero-order valence-electron chi connectivity index (χ0n) is 7.18. The number of amides is 1. The summed E-state index contributed by atoms with van der Waals surface area (Å²) >= 11 is 5.23. The van der Waals surface area contributed by atoms with Gasteiger partial charge in [0.15, 0.2) is 0 Å². The molecule has 0 aromatic heterocycles. The highest BCUT2D eigenvalue weighted by atomic mass is 35.5. The summed E-state index contributed by atoms with van der Waals surface area (Å²) in [5, 5.41) is 2.20. The lowest BCUT2D eigenvalue weighted by molar-refractivity contribution is 0.0464. The van der Waals surface area contributed by atoms with Crippen molar-refractivity contribution in [1.82, 2.24) is 5.32 Å². The van der Waals surface area contributed by atoms with Crippen LogP contribution >= 0.6 is 11.6 Å². The van der Waals surface area contributed by atoms with Gasteiger partial charge >= 0.3 is 5.37 Å². The number of rotatable bonds is 2. The summed E-state index contributed by atoms with van der Waals surface area (Å²) in [6.45, 7) is 0. The van der Waals surface area contributed by atoms with Crippen molar-refractivity contribution in [1.29, 1.82) is 0 Å². The third kappa shape index (κ3) is 2.64. The molecular formula is C8H14ClNO2. The van der Waals surface area contributed by atoms with Gasteiger partial charge in [0.1, 0.15) is 0 Å². The molecule has 1 N–H and O–H groups in total. The highest BCUT2D eigenvalue weighted by Gasteiger charge is 2.25. The lowest BCUT2D eigenvalue weighted by Crippen LogP contribution is -2.44. The van der Waals surface area contributed by atoms with Gasteiger partial charge in [0.05, 0.1) is 12.1 Å². The minimum Gasteiger partial charge on any atom is -0.379 e. The van der Waals surface area contributed by atoms with E-state index in [-0.39, 0.29) is 12.1 Å². The number of hydrogen-bond acceptors (Lipinski definition) is 2. The molecule has 70 valence electrons. The van der Waals surface area contributed by atoms with Gasteiger partial charge < -0.3 is 10.1 Å². The molecule has 0 spiro atoms. The van der Waals surface area contributed by atoms with Gasteiger partial charge in [0.2, 0.25) is 0 Å². The van der Waals surface area contributed by atoms with E-state index in [1.165, 1.54) is 6.42 Å². The fourth-order valence-corrected chi connectivity index (χ4v) is 1.83. The molecule has 1 fully saturated rings. The van der Waals surface area contributed by atoms with Crippen molar-refractivity contribution in [3.05, 3.63) is 0 Å². The average molecular weight is 192 g/mol. The fourth-order valence-electron chi connectivity index (χ4n) is 1.69. The Labute approximate surface area is 77.4 Å². The van der Waals surface area contributed by atoms with Gasteiger partial charge in [-0.25, -0.2) is 0 Å². The first kappa shape index (κ1) is 9.81. The van der Waals surface area contributed by atoms with Crippen LogP contribution < -0.4 is 5.32 Å². The third-order valence-corrected chi connectivity index (χ3v) is 2.41. The van der Waals surface area contributed by atoms with Gasteiger partial charge in [-0.1, -0.05) is 12.8 Å². The van der Waals surface area contributed by atoms with Gasteiger partial charge in [0, 0.05) is 7.11 Å². The van der Waals surface area contributed by atoms with E-state index in [9.17, 15) is 4.79 Å². The maximum absolute atomic E-state index is 10.6. The van der Waals surface area contributed by atoms with Crippen LogP contribution in [0.1, 0.15) is 25.7 Å². The van der Waals surface area contributed by atoms with E-state index in [2.05, 4.69) is 5.32 Å². The standard InChI is InChI=1S/C8H14ClNO2/c1-12-7-5-3-2-4-6(7)10-8(9)11/h6-7H,2-5H2,1H3,(H,10,11). The number of methoxy groups -OCH3 is 1. The maximum Gasteiger partial charge on any atom is 0.314 e. The predicted octanol–water partition coefficient (Wildman–Crippen LogP) is 1.89. The van der Waals surface area contributed by atoms with E-state index in [0.29, 0.717) is 0 Å². The number of ether oxygens (including phenoxy) is 1. The summed E-state index contributed by atoms with van der Waals surface area (Å²) < 4.78 is 5.23. The molecule has 0 aromatic rings. The number of carbonyl (C=O) groups is 1. The van der Waals surface area contributed by atoms with E-state index < -0.39 is 5.37 Å². The highest BCUT2D eigenvalue weighted by molar-refractivity contribution is 6.62. The summed E-state index contributed by atoms with van der Waals surface area (Å²) in [6, 6.07) is 0.105. The van der Waals surface area contributed by atoms with Crippen LogP contribution in [0.15, 0.2) is 0 Å². The fraction of sp³-hybridized carbons (Fsp3) is 0.875. The lowest BCUT2D eigenvalue weighted by atomic mass is 9.93. The van der Waals surface area contributed by atoms with Crippen LogP contribution in [0.3, 0.4) is 0 Å². The van der Waals surface area contributed by atoms with Crippen LogP contribution in [-0.2, 0) is 4.74 Å². The second-order valence-electron chi connectivity index (χ2n) is 3.08. The first-order chi connectivity index (χ1) is 5.74. The van der Waals surface area contributed by atoms with Crippen LogP contribution in [0.5, 0.6) is 0 Å². The average Bonchev–Trinajstić information content (AvgIpc) is 2.04. The predicted molar refractivity (Wildman–Crippen MR) is 47.4 cm³/mol. The molecule has 1 rings (SSSR count). The molecule has 12 heavy (non-hydrogen) atoms. The zero-order chi connectivity index (χ0) is 8.97. The first-order valence-corrected chi connectivity index (χ1v) is 4.60. The first-order valence-electron chi connectivity index (χ1n) is 4.23. The normalized spacial score (nSPS) is 29.8. The smallest absolute Gasteiger partial charge is 0.314 e. The summed E-state index contributed by atoms with van der Waals surface area (Å²) in [6.07, 6.45) is 4.44. The van der Waals surface area contributed by atoms with Gasteiger partial charge in [-0.05, 0) is 24.4 Å². The van der Waals surface area contributed by atoms with Crippen molar-refractivity contribution in [3.8, 4) is 0 Å². The van der Waals surface area contributed by atoms with Crippen molar-refractivity contribution >= 4 is 17.0 Å². The Morgan fingerprint density at radius 1 is 1.50 bits per heavy atom. The summed E-state index contributed by atoms with van der Waals surface area (Å²) in [7, 11) is 1.67. The van der Waals surface area contributed by atoms with E-state index in [1.807, 2.05) is 0 Å². The van der Waals surface area contributed by atoms with Crippen molar-refractivity contribution in [2.24, 2.45) is 0 Å². The molecule has 1 aliphatic rings. The van der Waals surface area contributed by atoms with Crippen LogP contribution in [-0.4, -0.2) is 24.6 Å². The Balaban J connectivity index is 2.41. The third-order valence-electron chi connectivity index (χ3n) is 2.30. The quantitative estimate of drug-likeness (QED) is 0.535. The molecule has 0 radical (unpaired) electrons. The van der Waals surface area contributed by atoms with Gasteiger partial charge in [-0.2, -0.15) is 0 Å². The van der Waals surface area contributed by atoms with Crippen LogP contribution in [0.2, 0.25) is 0 Å². The molecule has 0 aliphatic heterocycles. The Morgan fingerprint density at radius 3 is 2.75 bits per heavy atom. The Kier molecular flexibility index (Phi) is 3.82. The van der Waals surface area contributed by atoms with Crippen molar-refractivity contribution in [2.45, 2.75) is 37.8 Å². The molecule has 2 atom stereocenters. The van der Waals surface area contributed by atoms with E-state index in [1.54, 1.807) is 7.11 Å². The number of carbonyl (C=O) groups excluding carboxylic acids is 1. The summed E-state index contributed by atoms with van der Waals surface area (Å²) in [5.74, 6) is 0. The van der Waals surface area contributed by atoms with Crippen molar-refractivity contribution in [3.63, 3.8) is 0 Å². The molecule has 0 aromatic carbocycles. The summed E-state index contributed by atoms with van der Waals surface area (Å²) in [4.78, 5) is 10.6. The molecular weight excluding hydrogens is 178 g/mol. The van der Waals surface area contributed by atoms with Gasteiger partial charge in [-0.3, -0.25) is 4.79 Å². The molecule has 1 amide bonds. The molecule has 2 unspecified atom stereocenters. The molecule has 0 bridgehead atoms. The van der Waals surface area contributed by atoms with Crippen LogP contribution in [0.25, 0.3) is 0 Å². The number of nitrogens with one attached hydrogen (secondary N) is 1. The SMILES string of the molecule is COC1CCCCC1NC(=O)Cl. The minimum atomic E-state index is -0.482. The van der Waals surface area contributed by atoms with Crippen molar-refractivity contribution < 1.29 is 9.53 Å². The molecule has 1 aliphatic carbocycles. The topological polar surface area (TPSA) is 38.3 Å². The van der Waals surface area contributed by atoms with E-state index >= 15 is 0 Å². The number of halogens is 1. The molecule has 3 nitrogen and oxygen atoms in total.